The minimum Gasteiger partial charge on any atom is -0.293 e. The molecule has 0 amide bonds. The summed E-state index contributed by atoms with van der Waals surface area (Å²) in [7, 11) is 0. The zero-order valence-electron chi connectivity index (χ0n) is 13.5. The maximum atomic E-state index is 12.5. The molecular formula is C17H13ClF2N4OS. The average molecular weight is 395 g/mol. The maximum Gasteiger partial charge on any atom is 0.299 e. The molecule has 1 N–H and O–H groups in total. The summed E-state index contributed by atoms with van der Waals surface area (Å²) in [4.78, 5) is 13.0. The molecule has 0 unspecified atom stereocenters. The zero-order chi connectivity index (χ0) is 18.7. The number of azo groups is 1. The van der Waals surface area contributed by atoms with Gasteiger partial charge in [-0.3, -0.25) is 9.89 Å². The molecule has 0 bridgehead atoms. The molecule has 3 rings (SSSR count). The number of halogens is 3. The standard InChI is InChI=1S/C17H13ClF2N4OS/c1-10-15(16(25)24(23-10)13-4-2-3-11(18)9-13)22-21-12-5-7-14(8-6-12)26-17(19)20/h2-9,17,23H,1H3. The topological polar surface area (TPSA) is 62.5 Å². The Labute approximate surface area is 156 Å². The molecule has 0 saturated heterocycles. The quantitative estimate of drug-likeness (QED) is 0.435. The summed E-state index contributed by atoms with van der Waals surface area (Å²) in [6.45, 7) is 1.71. The smallest absolute Gasteiger partial charge is 0.293 e. The van der Waals surface area contributed by atoms with Gasteiger partial charge in [0.25, 0.3) is 11.3 Å². The predicted octanol–water partition coefficient (Wildman–Crippen LogP) is 5.86. The van der Waals surface area contributed by atoms with Gasteiger partial charge in [0.1, 0.15) is 0 Å². The highest BCUT2D eigenvalue weighted by Crippen LogP contribution is 2.27. The summed E-state index contributed by atoms with van der Waals surface area (Å²) in [5.74, 6) is -2.48. The number of nitrogens with zero attached hydrogens (tertiary/aromatic N) is 3. The highest BCUT2D eigenvalue weighted by molar-refractivity contribution is 7.99. The molecule has 26 heavy (non-hydrogen) atoms. The van der Waals surface area contributed by atoms with Crippen LogP contribution in [0, 0.1) is 6.92 Å². The third kappa shape index (κ3) is 4.20. The van der Waals surface area contributed by atoms with E-state index in [1.807, 2.05) is 0 Å². The van der Waals surface area contributed by atoms with Gasteiger partial charge in [-0.1, -0.05) is 29.4 Å². The highest BCUT2D eigenvalue weighted by Gasteiger charge is 2.12. The second-order valence-electron chi connectivity index (χ2n) is 5.28. The Morgan fingerprint density at radius 1 is 1.15 bits per heavy atom. The van der Waals surface area contributed by atoms with Crippen LogP contribution in [0.2, 0.25) is 5.02 Å². The number of H-pyrrole nitrogens is 1. The van der Waals surface area contributed by atoms with Crippen molar-refractivity contribution in [2.75, 3.05) is 0 Å². The number of aromatic amines is 1. The van der Waals surface area contributed by atoms with E-state index in [4.69, 9.17) is 11.6 Å². The number of aryl methyl sites for hydroxylation is 1. The Morgan fingerprint density at radius 2 is 1.88 bits per heavy atom. The number of thioether (sulfide) groups is 1. The number of hydrogen-bond acceptors (Lipinski definition) is 4. The van der Waals surface area contributed by atoms with Gasteiger partial charge in [-0.05, 0) is 49.4 Å². The summed E-state index contributed by atoms with van der Waals surface area (Å²) in [6.07, 6.45) is 0. The number of hydrogen-bond donors (Lipinski definition) is 1. The van der Waals surface area contributed by atoms with Gasteiger partial charge in [0, 0.05) is 9.92 Å². The Balaban J connectivity index is 1.86. The van der Waals surface area contributed by atoms with Gasteiger partial charge in [-0.25, -0.2) is 4.68 Å². The Kier molecular flexibility index (Phi) is 5.53. The molecular weight excluding hydrogens is 382 g/mol. The van der Waals surface area contributed by atoms with Gasteiger partial charge in [0.15, 0.2) is 5.69 Å². The van der Waals surface area contributed by atoms with Crippen molar-refractivity contribution in [2.24, 2.45) is 10.2 Å². The Morgan fingerprint density at radius 3 is 2.54 bits per heavy atom. The first-order valence-corrected chi connectivity index (χ1v) is 8.74. The van der Waals surface area contributed by atoms with Crippen molar-refractivity contribution >= 4 is 34.7 Å². The molecule has 2 aromatic carbocycles. The summed E-state index contributed by atoms with van der Waals surface area (Å²) in [5, 5.41) is 11.5. The van der Waals surface area contributed by atoms with Crippen molar-refractivity contribution in [2.45, 2.75) is 17.6 Å². The molecule has 5 nitrogen and oxygen atoms in total. The van der Waals surface area contributed by atoms with Crippen LogP contribution in [0.4, 0.5) is 20.2 Å². The maximum absolute atomic E-state index is 12.5. The lowest BCUT2D eigenvalue weighted by atomic mass is 10.3. The largest absolute Gasteiger partial charge is 0.299 e. The number of aromatic nitrogens is 2. The molecule has 0 spiro atoms. The molecule has 0 radical (unpaired) electrons. The van der Waals surface area contributed by atoms with Crippen molar-refractivity contribution in [3.63, 3.8) is 0 Å². The third-order valence-corrected chi connectivity index (χ3v) is 4.39. The lowest BCUT2D eigenvalue weighted by Crippen LogP contribution is -2.13. The van der Waals surface area contributed by atoms with E-state index in [1.165, 1.54) is 16.8 Å². The highest BCUT2D eigenvalue weighted by atomic mass is 35.5. The van der Waals surface area contributed by atoms with Crippen LogP contribution in [0.1, 0.15) is 5.69 Å². The van der Waals surface area contributed by atoms with Gasteiger partial charge < -0.3 is 0 Å². The van der Waals surface area contributed by atoms with Gasteiger partial charge in [-0.2, -0.15) is 13.9 Å². The van der Waals surface area contributed by atoms with Crippen LogP contribution in [0.5, 0.6) is 0 Å². The van der Waals surface area contributed by atoms with Crippen molar-refractivity contribution in [3.8, 4) is 5.69 Å². The minimum atomic E-state index is -2.48. The molecule has 134 valence electrons. The average Bonchev–Trinajstić information content (AvgIpc) is 2.88. The first-order chi connectivity index (χ1) is 12.4. The summed E-state index contributed by atoms with van der Waals surface area (Å²) < 4.78 is 26.0. The van der Waals surface area contributed by atoms with E-state index in [0.717, 1.165) is 0 Å². The molecule has 0 atom stereocenters. The molecule has 0 aliphatic heterocycles. The van der Waals surface area contributed by atoms with E-state index in [1.54, 1.807) is 43.3 Å². The first-order valence-electron chi connectivity index (χ1n) is 7.48. The lowest BCUT2D eigenvalue weighted by Gasteiger charge is -2.01. The van der Waals surface area contributed by atoms with E-state index >= 15 is 0 Å². The van der Waals surface area contributed by atoms with E-state index in [2.05, 4.69) is 15.3 Å². The van der Waals surface area contributed by atoms with Crippen molar-refractivity contribution < 1.29 is 8.78 Å². The summed E-state index contributed by atoms with van der Waals surface area (Å²) in [6, 6.07) is 13.0. The molecule has 1 aromatic heterocycles. The van der Waals surface area contributed by atoms with Crippen LogP contribution in [-0.4, -0.2) is 15.5 Å². The summed E-state index contributed by atoms with van der Waals surface area (Å²) in [5.41, 5.74) is 1.39. The molecule has 0 saturated carbocycles. The van der Waals surface area contributed by atoms with E-state index in [9.17, 15) is 13.6 Å². The normalized spacial score (nSPS) is 11.6. The second-order valence-corrected chi connectivity index (χ2v) is 6.78. The molecule has 1 heterocycles. The minimum absolute atomic E-state index is 0.163. The number of benzene rings is 2. The molecule has 0 fully saturated rings. The number of nitrogens with one attached hydrogen (secondary N) is 1. The first kappa shape index (κ1) is 18.3. The van der Waals surface area contributed by atoms with Crippen molar-refractivity contribution in [1.29, 1.82) is 0 Å². The molecule has 3 aromatic rings. The fraction of sp³-hybridized carbons (Fsp3) is 0.118. The SMILES string of the molecule is Cc1[nH]n(-c2cccc(Cl)c2)c(=O)c1N=Nc1ccc(SC(F)F)cc1. The van der Waals surface area contributed by atoms with Crippen LogP contribution in [0.15, 0.2) is 68.4 Å². The van der Waals surface area contributed by atoms with Crippen molar-refractivity contribution in [3.05, 3.63) is 69.6 Å². The zero-order valence-corrected chi connectivity index (χ0v) is 15.1. The molecule has 9 heteroatoms. The Bertz CT molecular complexity index is 999. The van der Waals surface area contributed by atoms with E-state index in [-0.39, 0.29) is 11.2 Å². The third-order valence-electron chi connectivity index (χ3n) is 3.43. The van der Waals surface area contributed by atoms with E-state index in [0.29, 0.717) is 38.7 Å². The van der Waals surface area contributed by atoms with Gasteiger partial charge in [0.2, 0.25) is 0 Å². The monoisotopic (exact) mass is 394 g/mol. The second kappa shape index (κ2) is 7.84. The fourth-order valence-corrected chi connectivity index (χ4v) is 2.94. The number of alkyl halides is 2. The van der Waals surface area contributed by atoms with Gasteiger partial charge in [-0.15, -0.1) is 5.11 Å². The van der Waals surface area contributed by atoms with Crippen LogP contribution in [-0.2, 0) is 0 Å². The van der Waals surface area contributed by atoms with Crippen LogP contribution >= 0.6 is 23.4 Å². The lowest BCUT2D eigenvalue weighted by molar-refractivity contribution is 0.252. The Hall–Kier alpha value is -2.45. The van der Waals surface area contributed by atoms with Crippen LogP contribution in [0.25, 0.3) is 5.69 Å². The van der Waals surface area contributed by atoms with E-state index < -0.39 is 5.76 Å². The van der Waals surface area contributed by atoms with Gasteiger partial charge >= 0.3 is 0 Å². The number of rotatable bonds is 5. The van der Waals surface area contributed by atoms with Crippen LogP contribution < -0.4 is 5.56 Å². The summed E-state index contributed by atoms with van der Waals surface area (Å²) >= 11 is 6.41. The van der Waals surface area contributed by atoms with Crippen LogP contribution in [0.3, 0.4) is 0 Å². The fourth-order valence-electron chi connectivity index (χ4n) is 2.25. The van der Waals surface area contributed by atoms with Gasteiger partial charge in [0.05, 0.1) is 17.1 Å². The molecule has 0 aliphatic rings. The van der Waals surface area contributed by atoms with Crippen molar-refractivity contribution in [1.82, 2.24) is 9.78 Å². The molecule has 0 aliphatic carbocycles. The predicted molar refractivity (Wildman–Crippen MR) is 98.6 cm³/mol.